The summed E-state index contributed by atoms with van der Waals surface area (Å²) in [5.41, 5.74) is 4.07. The second-order valence-electron chi connectivity index (χ2n) is 7.37. The molecule has 0 fully saturated rings. The molecule has 0 saturated heterocycles. The molecule has 0 aliphatic rings. The molecule has 1 unspecified atom stereocenters. The fourth-order valence-electron chi connectivity index (χ4n) is 3.11. The highest BCUT2D eigenvalue weighted by Gasteiger charge is 2.22. The maximum atomic E-state index is 12.7. The van der Waals surface area contributed by atoms with Crippen LogP contribution in [0.4, 0.5) is 0 Å². The second kappa shape index (κ2) is 9.34. The van der Waals surface area contributed by atoms with Crippen molar-refractivity contribution in [3.8, 4) is 11.6 Å². The Hall–Kier alpha value is -3.18. The van der Waals surface area contributed by atoms with Crippen LogP contribution in [-0.2, 0) is 11.3 Å². The number of amides is 1. The van der Waals surface area contributed by atoms with Crippen LogP contribution in [0.5, 0.6) is 11.6 Å². The number of pyridine rings is 1. The summed E-state index contributed by atoms with van der Waals surface area (Å²) < 4.78 is 5.89. The molecule has 2 aromatic carbocycles. The van der Waals surface area contributed by atoms with Crippen LogP contribution in [0.1, 0.15) is 28.3 Å². The van der Waals surface area contributed by atoms with Crippen LogP contribution in [0.2, 0.25) is 0 Å². The third kappa shape index (κ3) is 5.42. The van der Waals surface area contributed by atoms with E-state index in [-0.39, 0.29) is 11.9 Å². The zero-order valence-electron chi connectivity index (χ0n) is 17.3. The first-order valence-corrected chi connectivity index (χ1v) is 9.63. The number of likely N-dealkylation sites (N-methyl/N-ethyl adjacent to an activating group) is 1. The molecule has 0 aliphatic carbocycles. The van der Waals surface area contributed by atoms with Gasteiger partial charge < -0.3 is 10.1 Å². The second-order valence-corrected chi connectivity index (χ2v) is 7.37. The first kappa shape index (κ1) is 20.6. The average molecular weight is 389 g/mol. The van der Waals surface area contributed by atoms with Crippen LogP contribution in [0.3, 0.4) is 0 Å². The molecule has 1 atom stereocenters. The van der Waals surface area contributed by atoms with E-state index in [9.17, 15) is 4.79 Å². The number of ether oxygens (including phenoxy) is 1. The van der Waals surface area contributed by atoms with Crippen molar-refractivity contribution in [3.05, 3.63) is 89.1 Å². The number of carbonyl (C=O) groups is 1. The number of hydrogen-bond donors (Lipinski definition) is 1. The van der Waals surface area contributed by atoms with Crippen molar-refractivity contribution in [2.75, 3.05) is 14.1 Å². The fraction of sp³-hybridized carbons (Fsp3) is 0.250. The summed E-state index contributed by atoms with van der Waals surface area (Å²) in [7, 11) is 3.80. The number of hydrogen-bond acceptors (Lipinski definition) is 4. The van der Waals surface area contributed by atoms with Crippen molar-refractivity contribution in [1.29, 1.82) is 0 Å². The number of nitrogens with zero attached hydrogens (tertiary/aromatic N) is 2. The standard InChI is InChI=1S/C24H27N3O2/c1-17-10-11-18(2)21(14-17)29-22-13-12-19(15-25-22)16-26-24(28)23(27(3)4)20-8-6-5-7-9-20/h5-15,23H,16H2,1-4H3,(H,26,28). The molecule has 3 rings (SSSR count). The molecule has 1 heterocycles. The maximum absolute atomic E-state index is 12.7. The summed E-state index contributed by atoms with van der Waals surface area (Å²) in [5.74, 6) is 1.29. The molecule has 1 aromatic heterocycles. The molecule has 0 spiro atoms. The molecule has 0 aliphatic heterocycles. The van der Waals surface area contributed by atoms with Gasteiger partial charge in [0.2, 0.25) is 11.8 Å². The first-order valence-electron chi connectivity index (χ1n) is 9.63. The van der Waals surface area contributed by atoms with E-state index in [0.717, 1.165) is 28.0 Å². The van der Waals surface area contributed by atoms with Crippen LogP contribution in [0, 0.1) is 13.8 Å². The number of carbonyl (C=O) groups excluding carboxylic acids is 1. The molecular weight excluding hydrogens is 362 g/mol. The van der Waals surface area contributed by atoms with Gasteiger partial charge in [-0.2, -0.15) is 0 Å². The summed E-state index contributed by atoms with van der Waals surface area (Å²) in [5, 5.41) is 3.00. The minimum absolute atomic E-state index is 0.0445. The Morgan fingerprint density at radius 3 is 2.48 bits per heavy atom. The third-order valence-corrected chi connectivity index (χ3v) is 4.70. The van der Waals surface area contributed by atoms with E-state index in [4.69, 9.17) is 4.74 Å². The van der Waals surface area contributed by atoms with E-state index in [1.165, 1.54) is 0 Å². The van der Waals surface area contributed by atoms with Crippen molar-refractivity contribution in [1.82, 2.24) is 15.2 Å². The van der Waals surface area contributed by atoms with Crippen LogP contribution >= 0.6 is 0 Å². The molecule has 150 valence electrons. The van der Waals surface area contributed by atoms with Gasteiger partial charge >= 0.3 is 0 Å². The molecule has 1 N–H and O–H groups in total. The smallest absolute Gasteiger partial charge is 0.242 e. The van der Waals surface area contributed by atoms with Crippen LogP contribution < -0.4 is 10.1 Å². The average Bonchev–Trinajstić information content (AvgIpc) is 2.71. The van der Waals surface area contributed by atoms with Gasteiger partial charge in [0.25, 0.3) is 0 Å². The van der Waals surface area contributed by atoms with Gasteiger partial charge in [-0.15, -0.1) is 0 Å². The number of rotatable bonds is 7. The Morgan fingerprint density at radius 2 is 1.83 bits per heavy atom. The van der Waals surface area contributed by atoms with E-state index in [0.29, 0.717) is 12.4 Å². The quantitative estimate of drug-likeness (QED) is 0.650. The van der Waals surface area contributed by atoms with Gasteiger partial charge in [0.15, 0.2) is 0 Å². The lowest BCUT2D eigenvalue weighted by atomic mass is 10.1. The SMILES string of the molecule is Cc1ccc(C)c(Oc2ccc(CNC(=O)C(c3ccccc3)N(C)C)cn2)c1. The lowest BCUT2D eigenvalue weighted by Gasteiger charge is -2.23. The van der Waals surface area contributed by atoms with Gasteiger partial charge in [0, 0.05) is 18.8 Å². The van der Waals surface area contributed by atoms with Gasteiger partial charge in [-0.05, 0) is 56.3 Å². The molecule has 0 saturated carbocycles. The van der Waals surface area contributed by atoms with E-state index >= 15 is 0 Å². The number of aryl methyl sites for hydroxylation is 2. The Kier molecular flexibility index (Phi) is 6.62. The highest BCUT2D eigenvalue weighted by Crippen LogP contribution is 2.25. The molecule has 0 radical (unpaired) electrons. The predicted octanol–water partition coefficient (Wildman–Crippen LogP) is 4.41. The summed E-state index contributed by atoms with van der Waals surface area (Å²) in [6.07, 6.45) is 1.73. The molecule has 5 heteroatoms. The molecule has 0 bridgehead atoms. The van der Waals surface area contributed by atoms with E-state index < -0.39 is 0 Å². The summed E-state index contributed by atoms with van der Waals surface area (Å²) in [4.78, 5) is 19.0. The lowest BCUT2D eigenvalue weighted by Crippen LogP contribution is -2.36. The molecule has 5 nitrogen and oxygen atoms in total. The Labute approximate surface area is 172 Å². The van der Waals surface area contributed by atoms with Gasteiger partial charge in [0.1, 0.15) is 11.8 Å². The highest BCUT2D eigenvalue weighted by atomic mass is 16.5. The Balaban J connectivity index is 1.62. The summed E-state index contributed by atoms with van der Waals surface area (Å²) in [6, 6.07) is 19.2. The number of nitrogens with one attached hydrogen (secondary N) is 1. The molecular formula is C24H27N3O2. The zero-order valence-corrected chi connectivity index (χ0v) is 17.3. The Morgan fingerprint density at radius 1 is 1.07 bits per heavy atom. The normalized spacial score (nSPS) is 11.9. The fourth-order valence-corrected chi connectivity index (χ4v) is 3.11. The van der Waals surface area contributed by atoms with Crippen molar-refractivity contribution < 1.29 is 9.53 Å². The van der Waals surface area contributed by atoms with E-state index in [1.54, 1.807) is 6.20 Å². The van der Waals surface area contributed by atoms with Gasteiger partial charge in [-0.25, -0.2) is 4.98 Å². The Bertz CT molecular complexity index is 954. The number of benzene rings is 2. The van der Waals surface area contributed by atoms with Crippen molar-refractivity contribution in [2.24, 2.45) is 0 Å². The number of aromatic nitrogens is 1. The molecule has 29 heavy (non-hydrogen) atoms. The van der Waals surface area contributed by atoms with E-state index in [1.807, 2.05) is 87.4 Å². The minimum atomic E-state index is -0.337. The third-order valence-electron chi connectivity index (χ3n) is 4.70. The van der Waals surface area contributed by atoms with Gasteiger partial charge in [-0.3, -0.25) is 9.69 Å². The topological polar surface area (TPSA) is 54.5 Å². The van der Waals surface area contributed by atoms with Gasteiger partial charge in [0.05, 0.1) is 0 Å². The lowest BCUT2D eigenvalue weighted by molar-refractivity contribution is -0.125. The van der Waals surface area contributed by atoms with Crippen molar-refractivity contribution >= 4 is 5.91 Å². The predicted molar refractivity (Wildman–Crippen MR) is 115 cm³/mol. The monoisotopic (exact) mass is 389 g/mol. The van der Waals surface area contributed by atoms with Gasteiger partial charge in [-0.1, -0.05) is 48.5 Å². The summed E-state index contributed by atoms with van der Waals surface area (Å²) in [6.45, 7) is 4.45. The van der Waals surface area contributed by atoms with E-state index in [2.05, 4.69) is 16.4 Å². The van der Waals surface area contributed by atoms with Crippen LogP contribution in [0.25, 0.3) is 0 Å². The molecule has 1 amide bonds. The minimum Gasteiger partial charge on any atom is -0.439 e. The largest absolute Gasteiger partial charge is 0.439 e. The van der Waals surface area contributed by atoms with Crippen molar-refractivity contribution in [3.63, 3.8) is 0 Å². The van der Waals surface area contributed by atoms with Crippen molar-refractivity contribution in [2.45, 2.75) is 26.4 Å². The highest BCUT2D eigenvalue weighted by molar-refractivity contribution is 5.83. The first-order chi connectivity index (χ1) is 13.9. The zero-order chi connectivity index (χ0) is 20.8. The maximum Gasteiger partial charge on any atom is 0.242 e. The molecule has 3 aromatic rings. The summed E-state index contributed by atoms with van der Waals surface area (Å²) >= 11 is 0. The van der Waals surface area contributed by atoms with Crippen LogP contribution in [-0.4, -0.2) is 29.9 Å². The van der Waals surface area contributed by atoms with Crippen LogP contribution in [0.15, 0.2) is 66.9 Å².